The standard InChI is InChI=1S/C10H7BrF3N3O2/c1-2-19-8(18)6-7(10(12,13)14)16-9-15-3-5(11)4-17(6)9/h3-4H,2H2,1H3. The average Bonchev–Trinajstić information content (AvgIpc) is 2.67. The van der Waals surface area contributed by atoms with Crippen molar-refractivity contribution in [3.63, 3.8) is 0 Å². The van der Waals surface area contributed by atoms with Crippen LogP contribution in [0.15, 0.2) is 16.9 Å². The van der Waals surface area contributed by atoms with Gasteiger partial charge in [-0.3, -0.25) is 4.40 Å². The molecule has 0 aromatic carbocycles. The lowest BCUT2D eigenvalue weighted by Crippen LogP contribution is -2.16. The Labute approximate surface area is 113 Å². The molecule has 0 amide bonds. The summed E-state index contributed by atoms with van der Waals surface area (Å²) in [4.78, 5) is 18.7. The summed E-state index contributed by atoms with van der Waals surface area (Å²) in [6.45, 7) is 1.47. The monoisotopic (exact) mass is 337 g/mol. The third-order valence-electron chi connectivity index (χ3n) is 2.19. The van der Waals surface area contributed by atoms with Crippen molar-refractivity contribution in [2.24, 2.45) is 0 Å². The number of esters is 1. The van der Waals surface area contributed by atoms with Crippen LogP contribution in [-0.4, -0.2) is 26.9 Å². The smallest absolute Gasteiger partial charge is 0.435 e. The molecule has 0 radical (unpaired) electrons. The molecule has 2 rings (SSSR count). The lowest BCUT2D eigenvalue weighted by molar-refractivity contribution is -0.141. The Morgan fingerprint density at radius 1 is 1.53 bits per heavy atom. The summed E-state index contributed by atoms with van der Waals surface area (Å²) in [5.74, 6) is -1.32. The van der Waals surface area contributed by atoms with Crippen molar-refractivity contribution in [1.29, 1.82) is 0 Å². The van der Waals surface area contributed by atoms with Gasteiger partial charge in [0.1, 0.15) is 0 Å². The molecule has 0 N–H and O–H groups in total. The molecule has 19 heavy (non-hydrogen) atoms. The van der Waals surface area contributed by atoms with Gasteiger partial charge in [0, 0.05) is 12.4 Å². The molecule has 0 aliphatic carbocycles. The topological polar surface area (TPSA) is 56.5 Å². The van der Waals surface area contributed by atoms with Crippen LogP contribution in [0.3, 0.4) is 0 Å². The number of ether oxygens (including phenoxy) is 1. The fraction of sp³-hybridized carbons (Fsp3) is 0.300. The van der Waals surface area contributed by atoms with Gasteiger partial charge < -0.3 is 4.74 Å². The number of carbonyl (C=O) groups is 1. The number of hydrogen-bond acceptors (Lipinski definition) is 4. The van der Waals surface area contributed by atoms with Crippen LogP contribution < -0.4 is 0 Å². The zero-order valence-corrected chi connectivity index (χ0v) is 11.1. The molecule has 2 aromatic heterocycles. The Morgan fingerprint density at radius 2 is 2.21 bits per heavy atom. The summed E-state index contributed by atoms with van der Waals surface area (Å²) >= 11 is 3.07. The van der Waals surface area contributed by atoms with Gasteiger partial charge in [0.05, 0.1) is 11.1 Å². The Bertz CT molecular complexity index is 639. The number of carbonyl (C=O) groups excluding carboxylic acids is 1. The second-order valence-electron chi connectivity index (χ2n) is 3.47. The Hall–Kier alpha value is -1.64. The first-order valence-electron chi connectivity index (χ1n) is 5.12. The second kappa shape index (κ2) is 4.80. The van der Waals surface area contributed by atoms with Crippen LogP contribution in [0, 0.1) is 0 Å². The first-order valence-corrected chi connectivity index (χ1v) is 5.91. The third-order valence-corrected chi connectivity index (χ3v) is 2.60. The van der Waals surface area contributed by atoms with Gasteiger partial charge in [0.25, 0.3) is 0 Å². The van der Waals surface area contributed by atoms with E-state index in [1.165, 1.54) is 19.3 Å². The number of nitrogens with zero attached hydrogens (tertiary/aromatic N) is 3. The van der Waals surface area contributed by atoms with Crippen molar-refractivity contribution in [3.05, 3.63) is 28.3 Å². The summed E-state index contributed by atoms with van der Waals surface area (Å²) in [5, 5.41) is 0. The molecule has 2 aromatic rings. The average molecular weight is 338 g/mol. The van der Waals surface area contributed by atoms with Crippen LogP contribution in [0.5, 0.6) is 0 Å². The molecule has 0 aliphatic rings. The zero-order valence-electron chi connectivity index (χ0n) is 9.53. The van der Waals surface area contributed by atoms with E-state index < -0.39 is 23.5 Å². The molecule has 0 spiro atoms. The Morgan fingerprint density at radius 3 is 2.79 bits per heavy atom. The number of imidazole rings is 1. The Balaban J connectivity index is 2.74. The van der Waals surface area contributed by atoms with Crippen molar-refractivity contribution in [3.8, 4) is 0 Å². The third kappa shape index (κ3) is 2.55. The molecular weight excluding hydrogens is 331 g/mol. The van der Waals surface area contributed by atoms with E-state index in [2.05, 4.69) is 30.6 Å². The highest BCUT2D eigenvalue weighted by atomic mass is 79.9. The van der Waals surface area contributed by atoms with Gasteiger partial charge in [-0.15, -0.1) is 0 Å². The van der Waals surface area contributed by atoms with Crippen molar-refractivity contribution >= 4 is 27.7 Å². The second-order valence-corrected chi connectivity index (χ2v) is 4.39. The zero-order chi connectivity index (χ0) is 14.2. The molecule has 0 saturated carbocycles. The number of fused-ring (bicyclic) bond motifs is 1. The molecule has 0 atom stereocenters. The van der Waals surface area contributed by atoms with Crippen molar-refractivity contribution in [1.82, 2.24) is 14.4 Å². The van der Waals surface area contributed by atoms with E-state index in [1.807, 2.05) is 0 Å². The fourth-order valence-electron chi connectivity index (χ4n) is 1.50. The highest BCUT2D eigenvalue weighted by molar-refractivity contribution is 9.10. The minimum Gasteiger partial charge on any atom is -0.461 e. The molecule has 102 valence electrons. The predicted molar refractivity (Wildman–Crippen MR) is 61.6 cm³/mol. The molecule has 0 bridgehead atoms. The summed E-state index contributed by atoms with van der Waals surface area (Å²) in [6.07, 6.45) is -2.20. The van der Waals surface area contributed by atoms with E-state index in [1.54, 1.807) is 0 Å². The molecule has 9 heteroatoms. The maximum absolute atomic E-state index is 12.9. The maximum Gasteiger partial charge on any atom is 0.435 e. The molecule has 0 aliphatic heterocycles. The van der Waals surface area contributed by atoms with Gasteiger partial charge in [-0.05, 0) is 22.9 Å². The van der Waals surface area contributed by atoms with E-state index in [4.69, 9.17) is 0 Å². The van der Waals surface area contributed by atoms with Crippen LogP contribution >= 0.6 is 15.9 Å². The minimum absolute atomic E-state index is 0.0369. The van der Waals surface area contributed by atoms with Crippen LogP contribution in [0.2, 0.25) is 0 Å². The molecule has 0 saturated heterocycles. The van der Waals surface area contributed by atoms with Crippen LogP contribution in [0.4, 0.5) is 13.2 Å². The van der Waals surface area contributed by atoms with Gasteiger partial charge in [0.15, 0.2) is 11.4 Å². The SMILES string of the molecule is CCOC(=O)c1c(C(F)(F)F)nc2ncc(Br)cn12. The summed E-state index contributed by atoms with van der Waals surface area (Å²) in [6, 6.07) is 0. The van der Waals surface area contributed by atoms with Crippen molar-refractivity contribution in [2.75, 3.05) is 6.61 Å². The van der Waals surface area contributed by atoms with Crippen LogP contribution in [0.1, 0.15) is 23.1 Å². The highest BCUT2D eigenvalue weighted by Crippen LogP contribution is 2.32. The van der Waals surface area contributed by atoms with E-state index in [0.29, 0.717) is 4.47 Å². The lowest BCUT2D eigenvalue weighted by Gasteiger charge is -2.06. The van der Waals surface area contributed by atoms with Crippen molar-refractivity contribution in [2.45, 2.75) is 13.1 Å². The van der Waals surface area contributed by atoms with Crippen molar-refractivity contribution < 1.29 is 22.7 Å². The van der Waals surface area contributed by atoms with Crippen LogP contribution in [-0.2, 0) is 10.9 Å². The van der Waals surface area contributed by atoms with Gasteiger partial charge >= 0.3 is 12.1 Å². The molecule has 2 heterocycles. The largest absolute Gasteiger partial charge is 0.461 e. The molecular formula is C10H7BrF3N3O2. The van der Waals surface area contributed by atoms with Gasteiger partial charge in [-0.25, -0.2) is 14.8 Å². The fourth-order valence-corrected chi connectivity index (χ4v) is 1.81. The first-order chi connectivity index (χ1) is 8.84. The number of aromatic nitrogens is 3. The number of hydrogen-bond donors (Lipinski definition) is 0. The molecule has 5 nitrogen and oxygen atoms in total. The summed E-state index contributed by atoms with van der Waals surface area (Å²) < 4.78 is 44.6. The lowest BCUT2D eigenvalue weighted by atomic mass is 10.3. The molecule has 0 fully saturated rings. The first kappa shape index (κ1) is 13.8. The summed E-state index contributed by atoms with van der Waals surface area (Å²) in [5.41, 5.74) is -1.99. The number of alkyl halides is 3. The van der Waals surface area contributed by atoms with E-state index in [-0.39, 0.29) is 12.4 Å². The van der Waals surface area contributed by atoms with E-state index in [9.17, 15) is 18.0 Å². The van der Waals surface area contributed by atoms with Crippen LogP contribution in [0.25, 0.3) is 5.78 Å². The normalized spacial score (nSPS) is 11.8. The quantitative estimate of drug-likeness (QED) is 0.790. The van der Waals surface area contributed by atoms with E-state index >= 15 is 0 Å². The van der Waals surface area contributed by atoms with E-state index in [0.717, 1.165) is 4.40 Å². The van der Waals surface area contributed by atoms with Gasteiger partial charge in [-0.1, -0.05) is 0 Å². The Kier molecular flexibility index (Phi) is 3.48. The van der Waals surface area contributed by atoms with Gasteiger partial charge in [0.2, 0.25) is 5.78 Å². The highest BCUT2D eigenvalue weighted by Gasteiger charge is 2.41. The summed E-state index contributed by atoms with van der Waals surface area (Å²) in [7, 11) is 0. The number of halogens is 4. The maximum atomic E-state index is 12.9. The number of rotatable bonds is 2. The molecule has 0 unspecified atom stereocenters. The predicted octanol–water partition coefficient (Wildman–Crippen LogP) is 2.69. The van der Waals surface area contributed by atoms with Gasteiger partial charge in [-0.2, -0.15) is 13.2 Å². The minimum atomic E-state index is -4.76.